The van der Waals surface area contributed by atoms with Crippen molar-refractivity contribution in [3.05, 3.63) is 40.2 Å². The highest BCUT2D eigenvalue weighted by molar-refractivity contribution is 6.31. The topological polar surface area (TPSA) is 218 Å². The molecule has 0 saturated carbocycles. The van der Waals surface area contributed by atoms with Gasteiger partial charge in [0.15, 0.2) is 28.4 Å². The molecule has 0 bridgehead atoms. The normalized spacial score (nSPS) is 12.0. The number of aliphatic imine (C=N–C) groups is 1. The second-order valence-corrected chi connectivity index (χ2v) is 9.95. The predicted molar refractivity (Wildman–Crippen MR) is 165 cm³/mol. The van der Waals surface area contributed by atoms with Gasteiger partial charge in [-0.05, 0) is 37.1 Å². The van der Waals surface area contributed by atoms with E-state index in [1.54, 1.807) is 12.1 Å². The summed E-state index contributed by atoms with van der Waals surface area (Å²) >= 11 is 5.71. The van der Waals surface area contributed by atoms with Crippen LogP contribution in [0.3, 0.4) is 0 Å². The van der Waals surface area contributed by atoms with Crippen molar-refractivity contribution in [3.63, 3.8) is 0 Å². The first-order chi connectivity index (χ1) is 19.6. The Morgan fingerprint density at radius 3 is 2.34 bits per heavy atom. The third kappa shape index (κ3) is 14.3. The molecule has 41 heavy (non-hydrogen) atoms. The van der Waals surface area contributed by atoms with Crippen molar-refractivity contribution in [1.29, 1.82) is 0 Å². The fourth-order valence-corrected chi connectivity index (χ4v) is 3.84. The molecule has 1 amide bonds. The number of carbonyl (C=O) groups excluding carboxylic acids is 1. The van der Waals surface area contributed by atoms with E-state index in [1.165, 1.54) is 44.6 Å². The number of hydrogen-bond donors (Lipinski definition) is 8. The van der Waals surface area contributed by atoms with Crippen LogP contribution in [0.4, 0.5) is 11.6 Å². The molecule has 0 aliphatic carbocycles. The molecule has 1 aromatic heterocycles. The summed E-state index contributed by atoms with van der Waals surface area (Å²) in [7, 11) is 0. The SMILES string of the molecule is CCCCCCCN=C(N)NC(=O)c1nc(Cl)c(N)nc1N.CCCCCCNC[C@H](O)c1ccc(O)c(CO)c1. The second kappa shape index (κ2) is 20.7. The molecule has 0 aliphatic rings. The van der Waals surface area contributed by atoms with Crippen LogP contribution in [0.2, 0.25) is 5.15 Å². The van der Waals surface area contributed by atoms with Crippen molar-refractivity contribution >= 4 is 35.1 Å². The highest BCUT2D eigenvalue weighted by atomic mass is 35.5. The lowest BCUT2D eigenvalue weighted by Gasteiger charge is -2.13. The predicted octanol–water partition coefficient (Wildman–Crippen LogP) is 3.40. The number of nitrogen functional groups attached to an aromatic ring is 2. The van der Waals surface area contributed by atoms with E-state index in [0.29, 0.717) is 24.2 Å². The van der Waals surface area contributed by atoms with E-state index >= 15 is 0 Å². The number of unbranched alkanes of at least 4 members (excludes halogenated alkanes) is 7. The van der Waals surface area contributed by atoms with Crippen molar-refractivity contribution < 1.29 is 20.1 Å². The summed E-state index contributed by atoms with van der Waals surface area (Å²) in [6, 6.07) is 4.82. The first kappa shape index (κ1) is 35.8. The molecule has 2 aromatic rings. The zero-order valence-electron chi connectivity index (χ0n) is 24.2. The van der Waals surface area contributed by atoms with E-state index in [0.717, 1.165) is 25.8 Å². The van der Waals surface area contributed by atoms with Crippen LogP contribution in [0.25, 0.3) is 0 Å². The van der Waals surface area contributed by atoms with Crippen LogP contribution in [-0.4, -0.2) is 56.8 Å². The van der Waals surface area contributed by atoms with E-state index in [2.05, 4.69) is 39.4 Å². The Morgan fingerprint density at radius 1 is 1.02 bits per heavy atom. The largest absolute Gasteiger partial charge is 0.508 e. The second-order valence-electron chi connectivity index (χ2n) is 9.60. The standard InChI is InChI=1S/C15H25NO3.C13H22ClN7O/c1-2-3-4-5-8-16-10-15(19)12-6-7-14(18)13(9-12)11-17;1-2-3-4-5-6-7-18-13(17)21-12(22)8-10(15)20-11(16)9(14)19-8/h6-7,9,15-19H,2-5,8,10-11H2,1H3;2-7H2,1H3,(H4,15,16,20)(H3,17,18,21,22)/t15-;/m0./s1. The smallest absolute Gasteiger partial charge is 0.280 e. The minimum Gasteiger partial charge on any atom is -0.508 e. The number of amides is 1. The average Bonchev–Trinajstić information content (AvgIpc) is 2.94. The number of guanidine groups is 1. The Balaban J connectivity index is 0.000000414. The summed E-state index contributed by atoms with van der Waals surface area (Å²) in [5.41, 5.74) is 17.7. The first-order valence-electron chi connectivity index (χ1n) is 14.2. The molecular formula is C28H47ClN8O4. The molecule has 2 rings (SSSR count). The Morgan fingerprint density at radius 2 is 1.68 bits per heavy atom. The molecule has 11 N–H and O–H groups in total. The number of anilines is 2. The fourth-order valence-electron chi connectivity index (χ4n) is 3.71. The molecule has 0 spiro atoms. The van der Waals surface area contributed by atoms with Crippen LogP contribution in [0.5, 0.6) is 5.75 Å². The summed E-state index contributed by atoms with van der Waals surface area (Å²) < 4.78 is 0. The van der Waals surface area contributed by atoms with E-state index < -0.39 is 12.0 Å². The maximum absolute atomic E-state index is 12.0. The van der Waals surface area contributed by atoms with Crippen molar-refractivity contribution in [2.24, 2.45) is 10.7 Å². The maximum Gasteiger partial charge on any atom is 0.280 e. The van der Waals surface area contributed by atoms with Crippen molar-refractivity contribution in [2.75, 3.05) is 31.1 Å². The Kier molecular flexibility index (Phi) is 18.1. The number of aliphatic hydroxyl groups excluding tert-OH is 2. The van der Waals surface area contributed by atoms with E-state index in [9.17, 15) is 15.0 Å². The van der Waals surface area contributed by atoms with Crippen LogP contribution < -0.4 is 27.8 Å². The highest BCUT2D eigenvalue weighted by Gasteiger charge is 2.16. The number of rotatable bonds is 16. The number of aromatic hydroxyl groups is 1. The molecule has 12 nitrogen and oxygen atoms in total. The zero-order chi connectivity index (χ0) is 30.6. The van der Waals surface area contributed by atoms with Gasteiger partial charge in [0.1, 0.15) is 5.75 Å². The molecular weight excluding hydrogens is 548 g/mol. The number of benzene rings is 1. The van der Waals surface area contributed by atoms with E-state index in [1.807, 2.05) is 0 Å². The van der Waals surface area contributed by atoms with E-state index in [4.69, 9.17) is 33.9 Å². The van der Waals surface area contributed by atoms with Gasteiger partial charge in [0, 0.05) is 18.7 Å². The van der Waals surface area contributed by atoms with Crippen LogP contribution in [0.1, 0.15) is 99.4 Å². The van der Waals surface area contributed by atoms with Crippen molar-refractivity contribution in [3.8, 4) is 5.75 Å². The van der Waals surface area contributed by atoms with E-state index in [-0.39, 0.29) is 40.8 Å². The number of hydrogen-bond acceptors (Lipinski definition) is 10. The quantitative estimate of drug-likeness (QED) is 0.0804. The maximum atomic E-state index is 12.0. The average molecular weight is 595 g/mol. The molecule has 0 fully saturated rings. The Labute approximate surface area is 247 Å². The molecule has 0 unspecified atom stereocenters. The summed E-state index contributed by atoms with van der Waals surface area (Å²) in [6.07, 6.45) is 9.79. The van der Waals surface area contributed by atoms with Gasteiger partial charge >= 0.3 is 0 Å². The van der Waals surface area contributed by atoms with Gasteiger partial charge in [-0.15, -0.1) is 0 Å². The van der Waals surface area contributed by atoms with Gasteiger partial charge in [0.05, 0.1) is 12.7 Å². The van der Waals surface area contributed by atoms with Crippen LogP contribution >= 0.6 is 11.6 Å². The van der Waals surface area contributed by atoms with Gasteiger partial charge in [-0.2, -0.15) is 0 Å². The lowest BCUT2D eigenvalue weighted by atomic mass is 10.1. The van der Waals surface area contributed by atoms with Gasteiger partial charge in [0.2, 0.25) is 0 Å². The minimum atomic E-state index is -0.626. The Hall–Kier alpha value is -3.19. The number of aliphatic hydroxyl groups is 2. The lowest BCUT2D eigenvalue weighted by Crippen LogP contribution is -2.38. The highest BCUT2D eigenvalue weighted by Crippen LogP contribution is 2.22. The molecule has 1 atom stereocenters. The zero-order valence-corrected chi connectivity index (χ0v) is 25.0. The summed E-state index contributed by atoms with van der Waals surface area (Å²) in [4.78, 5) is 23.5. The molecule has 0 radical (unpaired) electrons. The van der Waals surface area contributed by atoms with Gasteiger partial charge in [-0.25, -0.2) is 9.97 Å². The third-order valence-corrected chi connectivity index (χ3v) is 6.39. The number of carbonyl (C=O) groups is 1. The fraction of sp³-hybridized carbons (Fsp3) is 0.571. The first-order valence-corrected chi connectivity index (χ1v) is 14.5. The van der Waals surface area contributed by atoms with Crippen LogP contribution in [-0.2, 0) is 6.61 Å². The third-order valence-electron chi connectivity index (χ3n) is 6.11. The molecule has 230 valence electrons. The molecule has 13 heteroatoms. The van der Waals surface area contributed by atoms with Crippen molar-refractivity contribution in [2.45, 2.75) is 84.3 Å². The van der Waals surface area contributed by atoms with Gasteiger partial charge in [0.25, 0.3) is 5.91 Å². The van der Waals surface area contributed by atoms with Gasteiger partial charge in [-0.3, -0.25) is 15.1 Å². The molecule has 1 heterocycles. The van der Waals surface area contributed by atoms with Gasteiger partial charge in [-0.1, -0.05) is 76.5 Å². The van der Waals surface area contributed by atoms with Crippen molar-refractivity contribution in [1.82, 2.24) is 20.6 Å². The minimum absolute atomic E-state index is 0.00892. The number of halogens is 1. The molecule has 0 saturated heterocycles. The molecule has 1 aromatic carbocycles. The molecule has 0 aliphatic heterocycles. The number of phenols is 1. The van der Waals surface area contributed by atoms with Crippen LogP contribution in [0.15, 0.2) is 23.2 Å². The Bertz CT molecular complexity index is 1090. The van der Waals surface area contributed by atoms with Gasteiger partial charge < -0.3 is 37.8 Å². The lowest BCUT2D eigenvalue weighted by molar-refractivity contribution is 0.0972. The summed E-state index contributed by atoms with van der Waals surface area (Å²) in [6.45, 7) is 6.06. The summed E-state index contributed by atoms with van der Waals surface area (Å²) in [5, 5.41) is 34.0. The van der Waals surface area contributed by atoms with Crippen LogP contribution in [0, 0.1) is 0 Å². The number of aromatic nitrogens is 2. The number of nitrogens with two attached hydrogens (primary N) is 3. The monoisotopic (exact) mass is 594 g/mol. The number of nitrogens with zero attached hydrogens (tertiary/aromatic N) is 3. The number of nitrogens with one attached hydrogen (secondary N) is 2. The summed E-state index contributed by atoms with van der Waals surface area (Å²) in [5.74, 6) is -0.712.